The van der Waals surface area contributed by atoms with E-state index < -0.39 is 34.5 Å². The Kier molecular flexibility index (Phi) is 4.48. The standard InChI is InChI=1S/C13H13F3N2O2S/c14-7-5-9(16)10(6-8(7)15)18-12(19)13(11(17)21)1-3-20-4-2-13/h5-6H,1-4H2,(H2,17,21)(H,18,19). The Morgan fingerprint density at radius 2 is 1.76 bits per heavy atom. The van der Waals surface area contributed by atoms with Gasteiger partial charge in [-0.3, -0.25) is 4.79 Å². The predicted octanol–water partition coefficient (Wildman–Crippen LogP) is 2.13. The minimum atomic E-state index is -1.33. The molecule has 1 heterocycles. The van der Waals surface area contributed by atoms with Crippen LogP contribution in [0.2, 0.25) is 0 Å². The average molecular weight is 318 g/mol. The van der Waals surface area contributed by atoms with Crippen LogP contribution in [0.1, 0.15) is 12.8 Å². The first-order chi connectivity index (χ1) is 9.86. The second-order valence-electron chi connectivity index (χ2n) is 4.76. The Balaban J connectivity index is 2.27. The van der Waals surface area contributed by atoms with Crippen LogP contribution in [0.3, 0.4) is 0 Å². The number of carbonyl (C=O) groups excluding carboxylic acids is 1. The highest BCUT2D eigenvalue weighted by Crippen LogP contribution is 2.33. The summed E-state index contributed by atoms with van der Waals surface area (Å²) in [4.78, 5) is 12.3. The molecular weight excluding hydrogens is 305 g/mol. The summed E-state index contributed by atoms with van der Waals surface area (Å²) in [6, 6.07) is 0.942. The van der Waals surface area contributed by atoms with Gasteiger partial charge in [0.05, 0.1) is 10.7 Å². The van der Waals surface area contributed by atoms with E-state index in [1.54, 1.807) is 0 Å². The third kappa shape index (κ3) is 3.01. The summed E-state index contributed by atoms with van der Waals surface area (Å²) < 4.78 is 44.7. The molecule has 21 heavy (non-hydrogen) atoms. The molecule has 2 rings (SSSR count). The SMILES string of the molecule is NC(=S)C1(C(=O)Nc2cc(F)c(F)cc2F)CCOCC1. The number of amides is 1. The predicted molar refractivity (Wildman–Crippen MR) is 74.2 cm³/mol. The van der Waals surface area contributed by atoms with Crippen LogP contribution >= 0.6 is 12.2 Å². The molecule has 0 atom stereocenters. The van der Waals surface area contributed by atoms with E-state index >= 15 is 0 Å². The Bertz CT molecular complexity index is 589. The van der Waals surface area contributed by atoms with Gasteiger partial charge in [0.15, 0.2) is 11.6 Å². The summed E-state index contributed by atoms with van der Waals surface area (Å²) in [7, 11) is 0. The number of nitrogens with one attached hydrogen (secondary N) is 1. The molecule has 1 amide bonds. The number of hydrogen-bond donors (Lipinski definition) is 2. The van der Waals surface area contributed by atoms with Crippen molar-refractivity contribution in [1.82, 2.24) is 0 Å². The number of halogens is 3. The second kappa shape index (κ2) is 5.98. The van der Waals surface area contributed by atoms with E-state index in [0.29, 0.717) is 12.1 Å². The first-order valence-corrected chi connectivity index (χ1v) is 6.61. The van der Waals surface area contributed by atoms with Crippen LogP contribution in [0.15, 0.2) is 12.1 Å². The van der Waals surface area contributed by atoms with Crippen molar-refractivity contribution >= 4 is 28.8 Å². The summed E-state index contributed by atoms with van der Waals surface area (Å²) in [5.41, 5.74) is 4.00. The lowest BCUT2D eigenvalue weighted by Crippen LogP contribution is -2.49. The lowest BCUT2D eigenvalue weighted by Gasteiger charge is -2.34. The Hall–Kier alpha value is -1.67. The van der Waals surface area contributed by atoms with Gasteiger partial charge in [-0.15, -0.1) is 0 Å². The summed E-state index contributed by atoms with van der Waals surface area (Å²) in [5.74, 6) is -4.32. The molecule has 0 radical (unpaired) electrons. The molecule has 1 aliphatic heterocycles. The molecule has 1 aromatic carbocycles. The fourth-order valence-electron chi connectivity index (χ4n) is 2.17. The van der Waals surface area contributed by atoms with Crippen molar-refractivity contribution in [2.45, 2.75) is 12.8 Å². The molecule has 0 spiro atoms. The molecule has 3 N–H and O–H groups in total. The maximum absolute atomic E-state index is 13.6. The van der Waals surface area contributed by atoms with Crippen LogP contribution in [-0.2, 0) is 9.53 Å². The van der Waals surface area contributed by atoms with E-state index in [9.17, 15) is 18.0 Å². The topological polar surface area (TPSA) is 64.4 Å². The molecule has 1 saturated heterocycles. The number of carbonyl (C=O) groups is 1. The molecule has 1 fully saturated rings. The van der Waals surface area contributed by atoms with Crippen LogP contribution in [0.25, 0.3) is 0 Å². The van der Waals surface area contributed by atoms with Gasteiger partial charge in [-0.25, -0.2) is 13.2 Å². The highest BCUT2D eigenvalue weighted by molar-refractivity contribution is 7.80. The number of benzene rings is 1. The van der Waals surface area contributed by atoms with E-state index in [4.69, 9.17) is 22.7 Å². The van der Waals surface area contributed by atoms with Crippen molar-refractivity contribution in [1.29, 1.82) is 0 Å². The number of ether oxygens (including phenoxy) is 1. The number of rotatable bonds is 3. The fraction of sp³-hybridized carbons (Fsp3) is 0.385. The lowest BCUT2D eigenvalue weighted by molar-refractivity contribution is -0.126. The smallest absolute Gasteiger partial charge is 0.237 e. The lowest BCUT2D eigenvalue weighted by atomic mass is 9.79. The van der Waals surface area contributed by atoms with Gasteiger partial charge in [0.25, 0.3) is 0 Å². The number of nitrogens with two attached hydrogens (primary N) is 1. The van der Waals surface area contributed by atoms with E-state index in [2.05, 4.69) is 5.32 Å². The molecule has 114 valence electrons. The van der Waals surface area contributed by atoms with Crippen molar-refractivity contribution < 1.29 is 22.7 Å². The van der Waals surface area contributed by atoms with E-state index in [-0.39, 0.29) is 31.0 Å². The molecule has 0 unspecified atom stereocenters. The monoisotopic (exact) mass is 318 g/mol. The first kappa shape index (κ1) is 15.7. The number of thiocarbonyl (C=S) groups is 1. The quantitative estimate of drug-likeness (QED) is 0.662. The number of anilines is 1. The van der Waals surface area contributed by atoms with Gasteiger partial charge in [-0.1, -0.05) is 12.2 Å². The molecule has 0 aromatic heterocycles. The zero-order valence-electron chi connectivity index (χ0n) is 10.9. The normalized spacial score (nSPS) is 17.3. The molecule has 1 aromatic rings. The molecule has 4 nitrogen and oxygen atoms in total. The van der Waals surface area contributed by atoms with Crippen LogP contribution < -0.4 is 11.1 Å². The van der Waals surface area contributed by atoms with Gasteiger partial charge in [0.1, 0.15) is 11.2 Å². The van der Waals surface area contributed by atoms with Crippen molar-refractivity contribution in [2.75, 3.05) is 18.5 Å². The summed E-state index contributed by atoms with van der Waals surface area (Å²) >= 11 is 4.93. The van der Waals surface area contributed by atoms with Crippen molar-refractivity contribution in [2.24, 2.45) is 11.1 Å². The summed E-state index contributed by atoms with van der Waals surface area (Å²) in [5, 5.41) is 2.23. The van der Waals surface area contributed by atoms with Crippen LogP contribution in [0.5, 0.6) is 0 Å². The van der Waals surface area contributed by atoms with Crippen molar-refractivity contribution in [3.63, 3.8) is 0 Å². The summed E-state index contributed by atoms with van der Waals surface area (Å²) in [6.45, 7) is 0.566. The highest BCUT2D eigenvalue weighted by Gasteiger charge is 2.43. The van der Waals surface area contributed by atoms with Gasteiger partial charge >= 0.3 is 0 Å². The Morgan fingerprint density at radius 1 is 1.19 bits per heavy atom. The zero-order chi connectivity index (χ0) is 15.6. The molecular formula is C13H13F3N2O2S. The Labute approximate surface area is 124 Å². The zero-order valence-corrected chi connectivity index (χ0v) is 11.7. The third-order valence-corrected chi connectivity index (χ3v) is 3.90. The molecule has 0 aliphatic carbocycles. The van der Waals surface area contributed by atoms with Crippen LogP contribution in [0, 0.1) is 22.9 Å². The van der Waals surface area contributed by atoms with Gasteiger partial charge in [-0.05, 0) is 12.8 Å². The van der Waals surface area contributed by atoms with Gasteiger partial charge < -0.3 is 15.8 Å². The second-order valence-corrected chi connectivity index (χ2v) is 5.20. The first-order valence-electron chi connectivity index (χ1n) is 6.20. The van der Waals surface area contributed by atoms with Gasteiger partial charge in [0, 0.05) is 25.3 Å². The maximum Gasteiger partial charge on any atom is 0.237 e. The van der Waals surface area contributed by atoms with Crippen molar-refractivity contribution in [3.8, 4) is 0 Å². The van der Waals surface area contributed by atoms with Crippen LogP contribution in [0.4, 0.5) is 18.9 Å². The average Bonchev–Trinajstić information content (AvgIpc) is 2.45. The summed E-state index contributed by atoms with van der Waals surface area (Å²) in [6.07, 6.45) is 0.499. The van der Waals surface area contributed by atoms with E-state index in [1.165, 1.54) is 0 Å². The van der Waals surface area contributed by atoms with E-state index in [1.807, 2.05) is 0 Å². The minimum absolute atomic E-state index is 0.0358. The Morgan fingerprint density at radius 3 is 2.33 bits per heavy atom. The maximum atomic E-state index is 13.6. The molecule has 0 saturated carbocycles. The van der Waals surface area contributed by atoms with Gasteiger partial charge in [-0.2, -0.15) is 0 Å². The molecule has 8 heteroatoms. The van der Waals surface area contributed by atoms with Crippen LogP contribution in [-0.4, -0.2) is 24.1 Å². The minimum Gasteiger partial charge on any atom is -0.392 e. The highest BCUT2D eigenvalue weighted by atomic mass is 32.1. The molecule has 0 bridgehead atoms. The largest absolute Gasteiger partial charge is 0.392 e. The van der Waals surface area contributed by atoms with Gasteiger partial charge in [0.2, 0.25) is 5.91 Å². The van der Waals surface area contributed by atoms with E-state index in [0.717, 1.165) is 0 Å². The fourth-order valence-corrected chi connectivity index (χ4v) is 2.46. The van der Waals surface area contributed by atoms with Crippen molar-refractivity contribution in [3.05, 3.63) is 29.6 Å². The third-order valence-electron chi connectivity index (χ3n) is 3.51. The molecule has 1 aliphatic rings. The number of hydrogen-bond acceptors (Lipinski definition) is 3.